The zero-order valence-electron chi connectivity index (χ0n) is 10.4. The van der Waals surface area contributed by atoms with Crippen molar-refractivity contribution in [3.63, 3.8) is 0 Å². The third-order valence-electron chi connectivity index (χ3n) is 2.56. The van der Waals surface area contributed by atoms with Gasteiger partial charge in [-0.3, -0.25) is 0 Å². The molecule has 3 nitrogen and oxygen atoms in total. The van der Waals surface area contributed by atoms with Crippen LogP contribution in [0.5, 0.6) is 5.75 Å². The van der Waals surface area contributed by atoms with Gasteiger partial charge in [0.25, 0.3) is 0 Å². The minimum absolute atomic E-state index is 0.383. The van der Waals surface area contributed by atoms with Gasteiger partial charge in [0.1, 0.15) is 5.75 Å². The Morgan fingerprint density at radius 3 is 2.56 bits per heavy atom. The molecule has 0 aliphatic carbocycles. The molecule has 0 aromatic heterocycles. The monoisotopic (exact) mass is 223 g/mol. The Hall–Kier alpha value is -1.06. The smallest absolute Gasteiger partial charge is 0.119 e. The van der Waals surface area contributed by atoms with Crippen LogP contribution in [-0.2, 0) is 0 Å². The van der Waals surface area contributed by atoms with Crippen LogP contribution in [-0.4, -0.2) is 24.8 Å². The summed E-state index contributed by atoms with van der Waals surface area (Å²) in [6.45, 7) is 6.68. The summed E-state index contributed by atoms with van der Waals surface area (Å²) < 4.78 is 5.13. The lowest BCUT2D eigenvalue weighted by molar-refractivity contribution is 0.171. The van der Waals surface area contributed by atoms with E-state index in [1.54, 1.807) is 7.11 Å². The fraction of sp³-hybridized carbons (Fsp3) is 0.538. The summed E-state index contributed by atoms with van der Waals surface area (Å²) in [5, 5.41) is 13.2. The van der Waals surface area contributed by atoms with Crippen LogP contribution in [0, 0.1) is 6.92 Å². The van der Waals surface area contributed by atoms with Crippen LogP contribution >= 0.6 is 0 Å². The molecule has 0 saturated carbocycles. The van der Waals surface area contributed by atoms with E-state index < -0.39 is 6.10 Å². The van der Waals surface area contributed by atoms with E-state index in [0.717, 1.165) is 16.9 Å². The van der Waals surface area contributed by atoms with Crippen molar-refractivity contribution in [1.29, 1.82) is 0 Å². The summed E-state index contributed by atoms with van der Waals surface area (Å²) in [4.78, 5) is 0. The number of aliphatic hydroxyl groups is 1. The maximum Gasteiger partial charge on any atom is 0.119 e. The van der Waals surface area contributed by atoms with E-state index in [1.165, 1.54) is 0 Å². The SMILES string of the molecule is COc1ccc(C(O)CNC(C)C)c(C)c1. The third kappa shape index (κ3) is 3.51. The van der Waals surface area contributed by atoms with E-state index in [0.29, 0.717) is 12.6 Å². The molecule has 90 valence electrons. The Labute approximate surface area is 97.4 Å². The van der Waals surface area contributed by atoms with Gasteiger partial charge in [-0.2, -0.15) is 0 Å². The minimum Gasteiger partial charge on any atom is -0.497 e. The van der Waals surface area contributed by atoms with Crippen LogP contribution in [0.4, 0.5) is 0 Å². The highest BCUT2D eigenvalue weighted by Crippen LogP contribution is 2.22. The maximum absolute atomic E-state index is 10.0. The van der Waals surface area contributed by atoms with Gasteiger partial charge in [0.2, 0.25) is 0 Å². The van der Waals surface area contributed by atoms with E-state index in [-0.39, 0.29) is 0 Å². The molecule has 1 unspecified atom stereocenters. The second kappa shape index (κ2) is 5.87. The second-order valence-electron chi connectivity index (χ2n) is 4.30. The molecule has 0 fully saturated rings. The van der Waals surface area contributed by atoms with Gasteiger partial charge >= 0.3 is 0 Å². The van der Waals surface area contributed by atoms with Gasteiger partial charge in [-0.1, -0.05) is 19.9 Å². The Morgan fingerprint density at radius 2 is 2.06 bits per heavy atom. The number of hydrogen-bond donors (Lipinski definition) is 2. The van der Waals surface area contributed by atoms with Gasteiger partial charge in [-0.15, -0.1) is 0 Å². The van der Waals surface area contributed by atoms with Crippen molar-refractivity contribution >= 4 is 0 Å². The predicted molar refractivity (Wildman–Crippen MR) is 65.8 cm³/mol. The molecular formula is C13H21NO2. The van der Waals surface area contributed by atoms with E-state index in [1.807, 2.05) is 25.1 Å². The van der Waals surface area contributed by atoms with Crippen molar-refractivity contribution in [3.05, 3.63) is 29.3 Å². The predicted octanol–water partition coefficient (Wildman–Crippen LogP) is 2.04. The van der Waals surface area contributed by atoms with Gasteiger partial charge in [0, 0.05) is 12.6 Å². The van der Waals surface area contributed by atoms with Crippen molar-refractivity contribution in [1.82, 2.24) is 5.32 Å². The van der Waals surface area contributed by atoms with Crippen LogP contribution in [0.3, 0.4) is 0 Å². The summed E-state index contributed by atoms with van der Waals surface area (Å²) in [6, 6.07) is 6.11. The number of aliphatic hydroxyl groups excluding tert-OH is 1. The molecular weight excluding hydrogens is 202 g/mol. The summed E-state index contributed by atoms with van der Waals surface area (Å²) in [5.74, 6) is 0.824. The number of methoxy groups -OCH3 is 1. The summed E-state index contributed by atoms with van der Waals surface area (Å²) >= 11 is 0. The quantitative estimate of drug-likeness (QED) is 0.802. The summed E-state index contributed by atoms with van der Waals surface area (Å²) in [5.41, 5.74) is 2.01. The molecule has 0 aliphatic rings. The van der Waals surface area contributed by atoms with Gasteiger partial charge in [-0.25, -0.2) is 0 Å². The second-order valence-corrected chi connectivity index (χ2v) is 4.30. The number of benzene rings is 1. The average molecular weight is 223 g/mol. The summed E-state index contributed by atoms with van der Waals surface area (Å²) in [7, 11) is 1.64. The highest BCUT2D eigenvalue weighted by atomic mass is 16.5. The van der Waals surface area contributed by atoms with Crippen molar-refractivity contribution in [2.24, 2.45) is 0 Å². The van der Waals surface area contributed by atoms with Gasteiger partial charge in [0.05, 0.1) is 13.2 Å². The lowest BCUT2D eigenvalue weighted by atomic mass is 10.0. The Morgan fingerprint density at radius 1 is 1.38 bits per heavy atom. The lowest BCUT2D eigenvalue weighted by Gasteiger charge is -2.16. The van der Waals surface area contributed by atoms with Crippen molar-refractivity contribution in [2.45, 2.75) is 32.9 Å². The molecule has 1 atom stereocenters. The molecule has 0 spiro atoms. The Bertz CT molecular complexity index is 337. The molecule has 1 rings (SSSR count). The average Bonchev–Trinajstić information content (AvgIpc) is 2.25. The molecule has 0 aliphatic heterocycles. The molecule has 0 heterocycles. The molecule has 0 bridgehead atoms. The molecule has 1 aromatic carbocycles. The normalized spacial score (nSPS) is 12.9. The standard InChI is InChI=1S/C13H21NO2/c1-9(2)14-8-13(15)12-6-5-11(16-4)7-10(12)3/h5-7,9,13-15H,8H2,1-4H3. The van der Waals surface area contributed by atoms with Crippen LogP contribution in [0.25, 0.3) is 0 Å². The highest BCUT2D eigenvalue weighted by molar-refractivity contribution is 5.36. The number of ether oxygens (including phenoxy) is 1. The minimum atomic E-state index is -0.465. The molecule has 0 saturated heterocycles. The zero-order chi connectivity index (χ0) is 12.1. The van der Waals surface area contributed by atoms with E-state index >= 15 is 0 Å². The van der Waals surface area contributed by atoms with E-state index in [9.17, 15) is 5.11 Å². The fourth-order valence-corrected chi connectivity index (χ4v) is 1.61. The van der Waals surface area contributed by atoms with Crippen LogP contribution in [0.15, 0.2) is 18.2 Å². The first-order valence-electron chi connectivity index (χ1n) is 5.60. The maximum atomic E-state index is 10.0. The molecule has 0 amide bonds. The molecule has 3 heteroatoms. The first kappa shape index (κ1) is 13.0. The van der Waals surface area contributed by atoms with Gasteiger partial charge in [-0.05, 0) is 30.2 Å². The van der Waals surface area contributed by atoms with Gasteiger partial charge < -0.3 is 15.2 Å². The number of nitrogens with one attached hydrogen (secondary N) is 1. The largest absolute Gasteiger partial charge is 0.497 e. The summed E-state index contributed by atoms with van der Waals surface area (Å²) in [6.07, 6.45) is -0.465. The fourth-order valence-electron chi connectivity index (χ4n) is 1.61. The van der Waals surface area contributed by atoms with Crippen molar-refractivity contribution in [2.75, 3.05) is 13.7 Å². The lowest BCUT2D eigenvalue weighted by Crippen LogP contribution is -2.28. The Kier molecular flexibility index (Phi) is 4.77. The first-order chi connectivity index (χ1) is 7.54. The molecule has 0 radical (unpaired) electrons. The zero-order valence-corrected chi connectivity index (χ0v) is 10.4. The van der Waals surface area contributed by atoms with Crippen LogP contribution in [0.1, 0.15) is 31.1 Å². The third-order valence-corrected chi connectivity index (χ3v) is 2.56. The van der Waals surface area contributed by atoms with Crippen molar-refractivity contribution < 1.29 is 9.84 Å². The Balaban J connectivity index is 2.71. The number of aryl methyl sites for hydroxylation is 1. The molecule has 1 aromatic rings. The van der Waals surface area contributed by atoms with Gasteiger partial charge in [0.15, 0.2) is 0 Å². The highest BCUT2D eigenvalue weighted by Gasteiger charge is 2.11. The van der Waals surface area contributed by atoms with E-state index in [2.05, 4.69) is 19.2 Å². The molecule has 16 heavy (non-hydrogen) atoms. The molecule has 2 N–H and O–H groups in total. The number of hydrogen-bond acceptors (Lipinski definition) is 3. The number of rotatable bonds is 5. The van der Waals surface area contributed by atoms with Crippen LogP contribution < -0.4 is 10.1 Å². The van der Waals surface area contributed by atoms with E-state index in [4.69, 9.17) is 4.74 Å². The van der Waals surface area contributed by atoms with Crippen LogP contribution in [0.2, 0.25) is 0 Å². The van der Waals surface area contributed by atoms with Crippen molar-refractivity contribution in [3.8, 4) is 5.75 Å². The first-order valence-corrected chi connectivity index (χ1v) is 5.60. The topological polar surface area (TPSA) is 41.5 Å².